The lowest BCUT2D eigenvalue weighted by atomic mass is 9.95. The Hall–Kier alpha value is -3.44. The Labute approximate surface area is 217 Å². The molecule has 1 aromatic carbocycles. The van der Waals surface area contributed by atoms with E-state index in [1.165, 1.54) is 16.2 Å². The molecule has 1 saturated carbocycles. The zero-order chi connectivity index (χ0) is 25.7. The summed E-state index contributed by atoms with van der Waals surface area (Å²) in [7, 11) is 0. The minimum absolute atomic E-state index is 0.0460. The number of nitrogens with zero attached hydrogens (tertiary/aromatic N) is 2. The Morgan fingerprint density at radius 1 is 1.17 bits per heavy atom. The van der Waals surface area contributed by atoms with E-state index in [2.05, 4.69) is 9.69 Å². The molecule has 3 amide bonds. The molecule has 0 spiro atoms. The first-order valence-corrected chi connectivity index (χ1v) is 13.5. The summed E-state index contributed by atoms with van der Waals surface area (Å²) >= 11 is 2.17. The van der Waals surface area contributed by atoms with Gasteiger partial charge in [-0.1, -0.05) is 25.3 Å². The fraction of sp³-hybridized carbons (Fsp3) is 0.360. The van der Waals surface area contributed by atoms with Crippen LogP contribution in [0.3, 0.4) is 0 Å². The first kappa shape index (κ1) is 25.6. The number of amides is 3. The summed E-state index contributed by atoms with van der Waals surface area (Å²) in [4.78, 5) is 41.7. The average Bonchev–Trinajstić information content (AvgIpc) is 3.53. The zero-order valence-corrected chi connectivity index (χ0v) is 21.6. The number of primary amides is 1. The molecule has 3 aromatic rings. The van der Waals surface area contributed by atoms with Crippen molar-refractivity contribution in [3.05, 3.63) is 57.2 Å². The summed E-state index contributed by atoms with van der Waals surface area (Å²) in [5.41, 5.74) is 11.7. The predicted molar refractivity (Wildman–Crippen MR) is 142 cm³/mol. The lowest BCUT2D eigenvalue weighted by Crippen LogP contribution is -2.47. The quantitative estimate of drug-likeness (QED) is 0.382. The summed E-state index contributed by atoms with van der Waals surface area (Å²) in [5, 5.41) is 5.03. The van der Waals surface area contributed by atoms with Crippen LogP contribution < -0.4 is 26.4 Å². The van der Waals surface area contributed by atoms with Crippen molar-refractivity contribution in [1.82, 2.24) is 9.69 Å². The van der Waals surface area contributed by atoms with Gasteiger partial charge in [-0.15, -0.1) is 11.3 Å². The number of anilines is 2. The van der Waals surface area contributed by atoms with E-state index in [1.807, 2.05) is 24.4 Å². The SMILES string of the molecule is CCOc1ccc(N(C(=O)c2snc(C(N)=O)c2N)C(C(=O)NC2CCCCC2)c2cccs2)cc1. The number of aromatic nitrogens is 1. The third-order valence-corrected chi connectivity index (χ3v) is 7.85. The molecule has 0 radical (unpaired) electrons. The second kappa shape index (κ2) is 11.5. The van der Waals surface area contributed by atoms with E-state index in [0.717, 1.165) is 43.6 Å². The third kappa shape index (κ3) is 5.52. The fourth-order valence-electron chi connectivity index (χ4n) is 4.34. The Morgan fingerprint density at radius 3 is 2.47 bits per heavy atom. The monoisotopic (exact) mass is 527 g/mol. The molecule has 190 valence electrons. The molecule has 9 nitrogen and oxygen atoms in total. The van der Waals surface area contributed by atoms with E-state index in [-0.39, 0.29) is 28.2 Å². The molecule has 1 fully saturated rings. The van der Waals surface area contributed by atoms with Crippen LogP contribution in [-0.2, 0) is 4.79 Å². The second-order valence-electron chi connectivity index (χ2n) is 8.50. The lowest BCUT2D eigenvalue weighted by molar-refractivity contribution is -0.123. The van der Waals surface area contributed by atoms with Crippen LogP contribution in [0.5, 0.6) is 5.75 Å². The lowest BCUT2D eigenvalue weighted by Gasteiger charge is -2.32. The van der Waals surface area contributed by atoms with E-state index in [9.17, 15) is 14.4 Å². The molecule has 11 heteroatoms. The molecule has 4 rings (SSSR count). The van der Waals surface area contributed by atoms with Crippen LogP contribution in [0, 0.1) is 0 Å². The predicted octanol–water partition coefficient (Wildman–Crippen LogP) is 4.12. The van der Waals surface area contributed by atoms with Crippen LogP contribution >= 0.6 is 22.9 Å². The minimum atomic E-state index is -0.948. The first-order chi connectivity index (χ1) is 17.4. The van der Waals surface area contributed by atoms with Gasteiger partial charge in [-0.3, -0.25) is 19.3 Å². The number of carbonyl (C=O) groups is 3. The summed E-state index contributed by atoms with van der Waals surface area (Å²) in [5.74, 6) is -0.995. The number of nitrogens with two attached hydrogens (primary N) is 2. The van der Waals surface area contributed by atoms with Crippen LogP contribution in [0.4, 0.5) is 11.4 Å². The van der Waals surface area contributed by atoms with Crippen molar-refractivity contribution in [1.29, 1.82) is 0 Å². The van der Waals surface area contributed by atoms with Crippen LogP contribution in [0.15, 0.2) is 41.8 Å². The van der Waals surface area contributed by atoms with Crippen molar-refractivity contribution in [3.8, 4) is 5.75 Å². The highest BCUT2D eigenvalue weighted by Crippen LogP contribution is 2.35. The molecule has 1 aliphatic rings. The van der Waals surface area contributed by atoms with Crippen molar-refractivity contribution in [3.63, 3.8) is 0 Å². The molecule has 1 aliphatic carbocycles. The maximum atomic E-state index is 14.0. The fourth-order valence-corrected chi connectivity index (χ4v) is 5.89. The van der Waals surface area contributed by atoms with Gasteiger partial charge in [0.05, 0.1) is 12.3 Å². The number of nitrogens with one attached hydrogen (secondary N) is 1. The van der Waals surface area contributed by atoms with Crippen molar-refractivity contribution in [2.45, 2.75) is 51.1 Å². The number of hydrogen-bond donors (Lipinski definition) is 3. The van der Waals surface area contributed by atoms with Crippen molar-refractivity contribution in [2.24, 2.45) is 5.73 Å². The van der Waals surface area contributed by atoms with Gasteiger partial charge in [0.25, 0.3) is 11.8 Å². The van der Waals surface area contributed by atoms with Gasteiger partial charge in [0.1, 0.15) is 10.6 Å². The minimum Gasteiger partial charge on any atom is -0.494 e. The molecule has 2 aromatic heterocycles. The molecule has 0 bridgehead atoms. The third-order valence-electron chi connectivity index (χ3n) is 6.07. The normalized spacial score (nSPS) is 14.7. The molecule has 1 unspecified atom stereocenters. The highest BCUT2D eigenvalue weighted by molar-refractivity contribution is 7.10. The van der Waals surface area contributed by atoms with Crippen molar-refractivity contribution < 1.29 is 19.1 Å². The van der Waals surface area contributed by atoms with Crippen molar-refractivity contribution >= 4 is 52.0 Å². The Kier molecular flexibility index (Phi) is 8.21. The van der Waals surface area contributed by atoms with Gasteiger partial charge >= 0.3 is 0 Å². The molecule has 1 atom stereocenters. The molecule has 36 heavy (non-hydrogen) atoms. The molecule has 0 aliphatic heterocycles. The number of carbonyl (C=O) groups excluding carboxylic acids is 3. The molecule has 2 heterocycles. The first-order valence-electron chi connectivity index (χ1n) is 11.9. The number of hydrogen-bond acceptors (Lipinski definition) is 8. The van der Waals surface area contributed by atoms with E-state index in [0.29, 0.717) is 22.9 Å². The molecular formula is C25H29N5O4S2. The van der Waals surface area contributed by atoms with Crippen LogP contribution in [0.25, 0.3) is 0 Å². The number of nitrogen functional groups attached to an aromatic ring is 1. The smallest absolute Gasteiger partial charge is 0.273 e. The summed E-state index contributed by atoms with van der Waals surface area (Å²) < 4.78 is 9.54. The Morgan fingerprint density at radius 2 is 1.89 bits per heavy atom. The summed E-state index contributed by atoms with van der Waals surface area (Å²) in [6.45, 7) is 2.38. The van der Waals surface area contributed by atoms with Crippen LogP contribution in [-0.4, -0.2) is 34.7 Å². The van der Waals surface area contributed by atoms with E-state index < -0.39 is 17.9 Å². The number of thiophene rings is 1. The van der Waals surface area contributed by atoms with Crippen LogP contribution in [0.1, 0.15) is 70.1 Å². The topological polar surface area (TPSA) is 141 Å². The van der Waals surface area contributed by atoms with E-state index in [4.69, 9.17) is 16.2 Å². The molecular weight excluding hydrogens is 498 g/mol. The van der Waals surface area contributed by atoms with Gasteiger partial charge in [-0.05, 0) is 67.0 Å². The number of rotatable bonds is 9. The molecule has 0 saturated heterocycles. The maximum absolute atomic E-state index is 14.0. The average molecular weight is 528 g/mol. The van der Waals surface area contributed by atoms with Crippen LogP contribution in [0.2, 0.25) is 0 Å². The van der Waals surface area contributed by atoms with Gasteiger partial charge in [-0.25, -0.2) is 0 Å². The zero-order valence-electron chi connectivity index (χ0n) is 19.9. The van der Waals surface area contributed by atoms with E-state index in [1.54, 1.807) is 24.3 Å². The van der Waals surface area contributed by atoms with Gasteiger partial charge in [0.2, 0.25) is 5.91 Å². The van der Waals surface area contributed by atoms with E-state index >= 15 is 0 Å². The van der Waals surface area contributed by atoms with Gasteiger partial charge in [-0.2, -0.15) is 4.37 Å². The largest absolute Gasteiger partial charge is 0.494 e. The Bertz CT molecular complexity index is 1200. The number of ether oxygens (including phenoxy) is 1. The van der Waals surface area contributed by atoms with Gasteiger partial charge in [0, 0.05) is 16.6 Å². The Balaban J connectivity index is 1.78. The maximum Gasteiger partial charge on any atom is 0.273 e. The highest BCUT2D eigenvalue weighted by atomic mass is 32.1. The highest BCUT2D eigenvalue weighted by Gasteiger charge is 2.37. The molecule has 5 N–H and O–H groups in total. The standard InChI is InChI=1S/C25H29N5O4S2/c1-2-34-17-12-10-16(11-13-17)30(25(33)22-19(26)20(23(27)31)29-36-22)21(18-9-6-14-35-18)24(32)28-15-7-4-3-5-8-15/h6,9-15,21H,2-5,7-8,26H2,1H3,(H2,27,31)(H,28,32). The summed E-state index contributed by atoms with van der Waals surface area (Å²) in [6, 6.07) is 9.72. The van der Waals surface area contributed by atoms with Gasteiger partial charge in [0.15, 0.2) is 11.7 Å². The number of benzene rings is 1. The van der Waals surface area contributed by atoms with Crippen molar-refractivity contribution in [2.75, 3.05) is 17.2 Å². The summed E-state index contributed by atoms with van der Waals surface area (Å²) in [6.07, 6.45) is 5.09. The second-order valence-corrected chi connectivity index (χ2v) is 10.3. The van der Waals surface area contributed by atoms with Gasteiger partial charge < -0.3 is 21.5 Å².